The van der Waals surface area contributed by atoms with Crippen molar-refractivity contribution in [3.05, 3.63) is 211 Å². The van der Waals surface area contributed by atoms with Crippen LogP contribution in [0.1, 0.15) is 51.7 Å². The first-order valence-electron chi connectivity index (χ1n) is 24.3. The maximum atomic E-state index is 7.48. The van der Waals surface area contributed by atoms with Crippen molar-refractivity contribution in [2.45, 2.75) is 51.4 Å². The van der Waals surface area contributed by atoms with E-state index in [2.05, 4.69) is 247 Å². The van der Waals surface area contributed by atoms with Crippen LogP contribution in [0.15, 0.2) is 200 Å². The van der Waals surface area contributed by atoms with E-state index in [-0.39, 0.29) is 17.5 Å². The molecule has 5 aliphatic rings. The average molecular weight is 893 g/mol. The van der Waals surface area contributed by atoms with Crippen molar-refractivity contribution in [2.24, 2.45) is 0 Å². The highest BCUT2D eigenvalue weighted by Crippen LogP contribution is 2.58. The fourth-order valence-electron chi connectivity index (χ4n) is 12.0. The topological polar surface area (TPSA) is 31.4 Å². The molecule has 0 N–H and O–H groups in total. The number of para-hydroxylation sites is 10. The number of rotatable bonds is 4. The quantitative estimate of drug-likeness (QED) is 0.164. The smallest absolute Gasteiger partial charge is 0.260 e. The van der Waals surface area contributed by atoms with E-state index in [1.165, 1.54) is 11.1 Å². The van der Waals surface area contributed by atoms with Crippen LogP contribution in [-0.4, -0.2) is 6.71 Å². The van der Waals surface area contributed by atoms with Crippen molar-refractivity contribution < 1.29 is 9.47 Å². The Morgan fingerprint density at radius 3 is 1.14 bits per heavy atom. The molecule has 0 unspecified atom stereocenters. The second-order valence-electron chi connectivity index (χ2n) is 20.4. The van der Waals surface area contributed by atoms with Gasteiger partial charge < -0.3 is 29.1 Å². The number of hydrogen-bond acceptors (Lipinski definition) is 6. The molecule has 0 saturated carbocycles. The monoisotopic (exact) mass is 892 g/mol. The number of fused-ring (bicyclic) bond motifs is 10. The van der Waals surface area contributed by atoms with Crippen molar-refractivity contribution >= 4 is 91.3 Å². The molecule has 0 aromatic heterocycles. The molecule has 332 valence electrons. The molecular weight excluding hydrogens is 844 g/mol. The van der Waals surface area contributed by atoms with Crippen LogP contribution in [0.5, 0.6) is 23.0 Å². The summed E-state index contributed by atoms with van der Waals surface area (Å²) in [6, 6.07) is 72.3. The van der Waals surface area contributed by atoms with Crippen LogP contribution >= 0.6 is 0 Å². The van der Waals surface area contributed by atoms with Gasteiger partial charge in [-0.25, -0.2) is 0 Å². The zero-order valence-corrected chi connectivity index (χ0v) is 39.1. The normalized spacial score (nSPS) is 16.0. The first-order chi connectivity index (χ1) is 33.7. The molecule has 7 heteroatoms. The van der Waals surface area contributed by atoms with E-state index in [9.17, 15) is 0 Å². The van der Waals surface area contributed by atoms with E-state index < -0.39 is 0 Å². The maximum absolute atomic E-state index is 7.48. The van der Waals surface area contributed by atoms with Gasteiger partial charge in [0.1, 0.15) is 23.0 Å². The zero-order valence-electron chi connectivity index (χ0n) is 39.1. The minimum Gasteiger partial charge on any atom is -0.458 e. The Kier molecular flexibility index (Phi) is 8.50. The number of benzene rings is 9. The molecule has 4 heterocycles. The Hall–Kier alpha value is -8.16. The maximum Gasteiger partial charge on any atom is 0.260 e. The Balaban J connectivity index is 0.949. The van der Waals surface area contributed by atoms with Gasteiger partial charge in [0.2, 0.25) is 0 Å². The van der Waals surface area contributed by atoms with Crippen molar-refractivity contribution in [3.63, 3.8) is 0 Å². The third-order valence-electron chi connectivity index (χ3n) is 15.4. The number of nitrogens with zero attached hydrogens (tertiary/aromatic N) is 4. The zero-order chi connectivity index (χ0) is 46.2. The van der Waals surface area contributed by atoms with E-state index >= 15 is 0 Å². The number of anilines is 12. The molecule has 0 bridgehead atoms. The Morgan fingerprint density at radius 1 is 0.362 bits per heavy atom. The van der Waals surface area contributed by atoms with Crippen LogP contribution in [0.25, 0.3) is 0 Å². The van der Waals surface area contributed by atoms with E-state index in [1.54, 1.807) is 0 Å². The fraction of sp³-hybridized carbons (Fsp3) is 0.129. The van der Waals surface area contributed by atoms with Crippen LogP contribution < -0.4 is 45.5 Å². The molecular formula is C62H49BN4O2. The highest BCUT2D eigenvalue weighted by Gasteiger charge is 2.48. The molecule has 0 atom stereocenters. The van der Waals surface area contributed by atoms with Gasteiger partial charge in [0.05, 0.1) is 45.5 Å². The minimum atomic E-state index is -0.110. The highest BCUT2D eigenvalue weighted by molar-refractivity contribution is 6.98. The molecule has 9 aromatic carbocycles. The van der Waals surface area contributed by atoms with E-state index in [1.807, 2.05) is 0 Å². The van der Waals surface area contributed by atoms with Gasteiger partial charge in [-0.15, -0.1) is 0 Å². The molecule has 0 saturated heterocycles. The Labute approximate surface area is 404 Å². The third-order valence-corrected chi connectivity index (χ3v) is 15.4. The number of ether oxygens (including phenoxy) is 2. The second-order valence-corrected chi connectivity index (χ2v) is 20.4. The fourth-order valence-corrected chi connectivity index (χ4v) is 12.0. The summed E-state index contributed by atoms with van der Waals surface area (Å²) in [5, 5.41) is 0. The van der Waals surface area contributed by atoms with Gasteiger partial charge in [0.15, 0.2) is 0 Å². The SMILES string of the molecule is CC1(C)CCC(C)(C)c2c1cc1c3c2Oc2cc(N4c5ccccc5N(c5ccccc5)c5ccccc54)ccc2B3c2ccc(N3c4ccccc4N(c4ccccc4)c4ccccc43)cc2O1. The Morgan fingerprint density at radius 2 is 0.725 bits per heavy atom. The van der Waals surface area contributed by atoms with Gasteiger partial charge in [-0.2, -0.15) is 0 Å². The van der Waals surface area contributed by atoms with E-state index in [0.29, 0.717) is 0 Å². The molecule has 0 spiro atoms. The van der Waals surface area contributed by atoms with Crippen LogP contribution in [-0.2, 0) is 10.8 Å². The van der Waals surface area contributed by atoms with E-state index in [4.69, 9.17) is 9.47 Å². The lowest BCUT2D eigenvalue weighted by atomic mass is 9.34. The predicted molar refractivity (Wildman–Crippen MR) is 285 cm³/mol. The molecule has 0 fully saturated rings. The summed E-state index contributed by atoms with van der Waals surface area (Å²) < 4.78 is 14.8. The van der Waals surface area contributed by atoms with Gasteiger partial charge in [0, 0.05) is 45.9 Å². The molecule has 14 rings (SSSR count). The number of hydrogen-bond donors (Lipinski definition) is 0. The van der Waals surface area contributed by atoms with Crippen molar-refractivity contribution in [3.8, 4) is 23.0 Å². The van der Waals surface area contributed by atoms with Crippen molar-refractivity contribution in [1.82, 2.24) is 0 Å². The van der Waals surface area contributed by atoms with Gasteiger partial charge in [-0.3, -0.25) is 0 Å². The molecule has 0 radical (unpaired) electrons. The van der Waals surface area contributed by atoms with Crippen LogP contribution in [0.3, 0.4) is 0 Å². The van der Waals surface area contributed by atoms with Crippen molar-refractivity contribution in [2.75, 3.05) is 19.6 Å². The Bertz CT molecular complexity index is 3470. The predicted octanol–water partition coefficient (Wildman–Crippen LogP) is 15.3. The molecule has 69 heavy (non-hydrogen) atoms. The minimum absolute atomic E-state index is 0.0689. The lowest BCUT2D eigenvalue weighted by Gasteiger charge is -2.46. The largest absolute Gasteiger partial charge is 0.458 e. The molecule has 9 aromatic rings. The molecule has 6 nitrogen and oxygen atoms in total. The third kappa shape index (κ3) is 5.86. The van der Waals surface area contributed by atoms with Crippen LogP contribution in [0, 0.1) is 0 Å². The average Bonchev–Trinajstić information content (AvgIpc) is 3.38. The van der Waals surface area contributed by atoms with Gasteiger partial charge in [-0.1, -0.05) is 125 Å². The molecule has 4 aliphatic heterocycles. The summed E-state index contributed by atoms with van der Waals surface area (Å²) >= 11 is 0. The molecule has 0 amide bonds. The summed E-state index contributed by atoms with van der Waals surface area (Å²) in [6.07, 6.45) is 2.15. The summed E-state index contributed by atoms with van der Waals surface area (Å²) in [5.74, 6) is 3.58. The lowest BCUT2D eigenvalue weighted by Crippen LogP contribution is -2.58. The standard InChI is InChI=1S/C62H49BN4O2/c1-61(2)35-36-62(3,4)58-44(61)39-57-59-60(58)69-56-38-43(67-53-29-17-13-25-49(53)65(41-21-9-6-10-22-41)50-26-14-18-30-54(50)67)32-34-46(56)63(59)45-33-31-42(37-55(45)68-57)66-51-27-15-11-23-47(51)64(40-19-7-5-8-20-40)48-24-12-16-28-52(48)66/h5-34,37-39H,35-36H2,1-4H3. The summed E-state index contributed by atoms with van der Waals surface area (Å²) in [6.45, 7) is 9.45. The lowest BCUT2D eigenvalue weighted by molar-refractivity contribution is 0.318. The first kappa shape index (κ1) is 40.0. The second kappa shape index (κ2) is 14.7. The van der Waals surface area contributed by atoms with E-state index in [0.717, 1.165) is 120 Å². The first-order valence-corrected chi connectivity index (χ1v) is 24.3. The van der Waals surface area contributed by atoms with Crippen molar-refractivity contribution in [1.29, 1.82) is 0 Å². The van der Waals surface area contributed by atoms with Gasteiger partial charge in [0.25, 0.3) is 6.71 Å². The van der Waals surface area contributed by atoms with Gasteiger partial charge >= 0.3 is 0 Å². The van der Waals surface area contributed by atoms with Crippen LogP contribution in [0.2, 0.25) is 0 Å². The molecule has 1 aliphatic carbocycles. The summed E-state index contributed by atoms with van der Waals surface area (Å²) in [7, 11) is 0. The summed E-state index contributed by atoms with van der Waals surface area (Å²) in [4.78, 5) is 9.54. The van der Waals surface area contributed by atoms with Gasteiger partial charge in [-0.05, 0) is 131 Å². The van der Waals surface area contributed by atoms with Crippen LogP contribution in [0.4, 0.5) is 68.2 Å². The highest BCUT2D eigenvalue weighted by atomic mass is 16.5. The summed E-state index contributed by atoms with van der Waals surface area (Å²) in [5.41, 5.74) is 19.1.